The largest absolute Gasteiger partial charge is 0.256 e. The minimum atomic E-state index is 0.949. The van der Waals surface area contributed by atoms with Crippen LogP contribution in [0.3, 0.4) is 0 Å². The van der Waals surface area contributed by atoms with Gasteiger partial charge in [0.15, 0.2) is 0 Å². The van der Waals surface area contributed by atoms with Gasteiger partial charge in [0.1, 0.15) is 0 Å². The number of benzene rings is 1. The molecule has 0 unspecified atom stereocenters. The van der Waals surface area contributed by atoms with Gasteiger partial charge in [0, 0.05) is 11.6 Å². The Morgan fingerprint density at radius 1 is 1.21 bits per heavy atom. The van der Waals surface area contributed by atoms with E-state index in [0.717, 1.165) is 24.1 Å². The van der Waals surface area contributed by atoms with Gasteiger partial charge < -0.3 is 0 Å². The summed E-state index contributed by atoms with van der Waals surface area (Å²) in [6.45, 7) is 0. The van der Waals surface area contributed by atoms with Crippen LogP contribution in [-0.2, 0) is 6.42 Å². The van der Waals surface area contributed by atoms with Crippen molar-refractivity contribution in [1.29, 1.82) is 0 Å². The molecule has 0 aliphatic carbocycles. The number of rotatable bonds is 3. The summed E-state index contributed by atoms with van der Waals surface area (Å²) in [6.07, 6.45) is 4.07. The summed E-state index contributed by atoms with van der Waals surface area (Å²) >= 11 is 4.21. The van der Waals surface area contributed by atoms with E-state index in [2.05, 4.69) is 41.9 Å². The molecule has 1 heterocycles. The van der Waals surface area contributed by atoms with Crippen molar-refractivity contribution in [2.75, 3.05) is 5.75 Å². The van der Waals surface area contributed by atoms with Gasteiger partial charge in [0.05, 0.1) is 5.52 Å². The smallest absolute Gasteiger partial charge is 0.0702 e. The van der Waals surface area contributed by atoms with Crippen LogP contribution in [0.2, 0.25) is 0 Å². The van der Waals surface area contributed by atoms with Crippen molar-refractivity contribution in [3.8, 4) is 0 Å². The van der Waals surface area contributed by atoms with Crippen molar-refractivity contribution in [2.24, 2.45) is 0 Å². The van der Waals surface area contributed by atoms with Crippen LogP contribution in [0, 0.1) is 0 Å². The van der Waals surface area contributed by atoms with Gasteiger partial charge in [-0.2, -0.15) is 12.6 Å². The van der Waals surface area contributed by atoms with Crippen LogP contribution in [-0.4, -0.2) is 10.7 Å². The van der Waals surface area contributed by atoms with Crippen molar-refractivity contribution in [3.63, 3.8) is 0 Å². The van der Waals surface area contributed by atoms with Crippen molar-refractivity contribution >= 4 is 23.5 Å². The molecule has 1 aromatic carbocycles. The first-order valence-electron chi connectivity index (χ1n) is 4.84. The summed E-state index contributed by atoms with van der Waals surface area (Å²) < 4.78 is 0. The number of nitrogens with zero attached hydrogens (tertiary/aromatic N) is 1. The zero-order valence-corrected chi connectivity index (χ0v) is 8.87. The molecule has 0 aliphatic rings. The molecule has 0 fully saturated rings. The summed E-state index contributed by atoms with van der Waals surface area (Å²) in [5.41, 5.74) is 2.45. The third-order valence-corrected chi connectivity index (χ3v) is 2.61. The number of aryl methyl sites for hydroxylation is 1. The quantitative estimate of drug-likeness (QED) is 0.756. The molecule has 0 N–H and O–H groups in total. The molecular formula is C12H13NS. The minimum absolute atomic E-state index is 0.949. The molecule has 2 aromatic rings. The van der Waals surface area contributed by atoms with E-state index in [9.17, 15) is 0 Å². The van der Waals surface area contributed by atoms with E-state index in [1.807, 2.05) is 12.3 Å². The van der Waals surface area contributed by atoms with Crippen LogP contribution in [0.15, 0.2) is 36.5 Å². The topological polar surface area (TPSA) is 12.9 Å². The first-order chi connectivity index (χ1) is 6.90. The fourth-order valence-electron chi connectivity index (χ4n) is 1.56. The van der Waals surface area contributed by atoms with Gasteiger partial charge in [-0.15, -0.1) is 0 Å². The fraction of sp³-hybridized carbons (Fsp3) is 0.250. The summed E-state index contributed by atoms with van der Waals surface area (Å²) in [5, 5.41) is 1.23. The zero-order chi connectivity index (χ0) is 9.80. The second kappa shape index (κ2) is 4.47. The second-order valence-electron chi connectivity index (χ2n) is 3.36. The van der Waals surface area contributed by atoms with E-state index in [0.29, 0.717) is 0 Å². The molecule has 0 aliphatic heterocycles. The van der Waals surface area contributed by atoms with Crippen LogP contribution >= 0.6 is 12.6 Å². The normalized spacial score (nSPS) is 10.6. The maximum atomic E-state index is 4.29. The van der Waals surface area contributed by atoms with Crippen LogP contribution in [0.5, 0.6) is 0 Å². The first-order valence-corrected chi connectivity index (χ1v) is 5.48. The van der Waals surface area contributed by atoms with Crippen LogP contribution in [0.4, 0.5) is 0 Å². The molecule has 14 heavy (non-hydrogen) atoms. The SMILES string of the molecule is SCCCc1ccc2ncccc2c1. The van der Waals surface area contributed by atoms with Crippen LogP contribution in [0.25, 0.3) is 10.9 Å². The zero-order valence-electron chi connectivity index (χ0n) is 7.98. The molecule has 0 bridgehead atoms. The Hall–Kier alpha value is -1.02. The average Bonchev–Trinajstić information content (AvgIpc) is 2.26. The van der Waals surface area contributed by atoms with E-state index in [1.54, 1.807) is 0 Å². The lowest BCUT2D eigenvalue weighted by Crippen LogP contribution is -1.87. The maximum absolute atomic E-state index is 4.29. The van der Waals surface area contributed by atoms with Gasteiger partial charge in [-0.3, -0.25) is 4.98 Å². The average molecular weight is 203 g/mol. The Balaban J connectivity index is 2.32. The van der Waals surface area contributed by atoms with Gasteiger partial charge in [-0.05, 0) is 42.4 Å². The van der Waals surface area contributed by atoms with Gasteiger partial charge in [0.2, 0.25) is 0 Å². The number of hydrogen-bond acceptors (Lipinski definition) is 2. The Morgan fingerprint density at radius 2 is 2.14 bits per heavy atom. The highest BCUT2D eigenvalue weighted by atomic mass is 32.1. The summed E-state index contributed by atoms with van der Waals surface area (Å²) in [4.78, 5) is 4.29. The Morgan fingerprint density at radius 3 is 3.00 bits per heavy atom. The molecule has 0 saturated heterocycles. The van der Waals surface area contributed by atoms with E-state index < -0.39 is 0 Å². The minimum Gasteiger partial charge on any atom is -0.256 e. The first kappa shape index (κ1) is 9.53. The fourth-order valence-corrected chi connectivity index (χ4v) is 1.72. The third kappa shape index (κ3) is 2.07. The molecule has 72 valence electrons. The molecule has 2 heteroatoms. The number of aromatic nitrogens is 1. The summed E-state index contributed by atoms with van der Waals surface area (Å²) in [7, 11) is 0. The molecule has 2 rings (SSSR count). The monoisotopic (exact) mass is 203 g/mol. The molecular weight excluding hydrogens is 190 g/mol. The van der Waals surface area contributed by atoms with Gasteiger partial charge in [0.25, 0.3) is 0 Å². The highest BCUT2D eigenvalue weighted by Crippen LogP contribution is 2.14. The molecule has 0 saturated carbocycles. The van der Waals surface area contributed by atoms with E-state index in [1.165, 1.54) is 10.9 Å². The van der Waals surface area contributed by atoms with E-state index in [-0.39, 0.29) is 0 Å². The number of fused-ring (bicyclic) bond motifs is 1. The van der Waals surface area contributed by atoms with Gasteiger partial charge in [-0.1, -0.05) is 12.1 Å². The highest BCUT2D eigenvalue weighted by Gasteiger charge is 1.96. The summed E-state index contributed by atoms with van der Waals surface area (Å²) in [5.74, 6) is 0.949. The number of pyridine rings is 1. The predicted octanol–water partition coefficient (Wildman–Crippen LogP) is 3.10. The highest BCUT2D eigenvalue weighted by molar-refractivity contribution is 7.80. The standard InChI is InChI=1S/C12H13NS/c14-8-2-3-10-5-6-12-11(9-10)4-1-7-13-12/h1,4-7,9,14H,2-3,8H2. The Bertz CT molecular complexity index is 425. The lowest BCUT2D eigenvalue weighted by molar-refractivity contribution is 0.938. The summed E-state index contributed by atoms with van der Waals surface area (Å²) in [6, 6.07) is 10.5. The Kier molecular flexibility index (Phi) is 3.04. The van der Waals surface area contributed by atoms with Gasteiger partial charge in [-0.25, -0.2) is 0 Å². The number of hydrogen-bond donors (Lipinski definition) is 1. The maximum Gasteiger partial charge on any atom is 0.0702 e. The second-order valence-corrected chi connectivity index (χ2v) is 3.80. The van der Waals surface area contributed by atoms with Crippen molar-refractivity contribution in [3.05, 3.63) is 42.1 Å². The molecule has 0 atom stereocenters. The molecule has 0 spiro atoms. The molecule has 0 amide bonds. The third-order valence-electron chi connectivity index (χ3n) is 2.29. The Labute approximate surface area is 89.6 Å². The van der Waals surface area contributed by atoms with Crippen molar-refractivity contribution < 1.29 is 0 Å². The van der Waals surface area contributed by atoms with Crippen LogP contribution < -0.4 is 0 Å². The van der Waals surface area contributed by atoms with E-state index in [4.69, 9.17) is 0 Å². The van der Waals surface area contributed by atoms with Crippen molar-refractivity contribution in [1.82, 2.24) is 4.98 Å². The predicted molar refractivity (Wildman–Crippen MR) is 63.9 cm³/mol. The number of thiol groups is 1. The van der Waals surface area contributed by atoms with E-state index >= 15 is 0 Å². The van der Waals surface area contributed by atoms with Crippen molar-refractivity contribution in [2.45, 2.75) is 12.8 Å². The lowest BCUT2D eigenvalue weighted by atomic mass is 10.1. The molecule has 1 nitrogen and oxygen atoms in total. The van der Waals surface area contributed by atoms with Crippen LogP contribution in [0.1, 0.15) is 12.0 Å². The van der Waals surface area contributed by atoms with Gasteiger partial charge >= 0.3 is 0 Å². The molecule has 0 radical (unpaired) electrons. The molecule has 1 aromatic heterocycles. The lowest BCUT2D eigenvalue weighted by Gasteiger charge is -2.01.